The Morgan fingerprint density at radius 1 is 0.882 bits per heavy atom. The van der Waals surface area contributed by atoms with Crippen LogP contribution in [0.2, 0.25) is 0 Å². The van der Waals surface area contributed by atoms with E-state index in [1.807, 2.05) is 4.90 Å². The summed E-state index contributed by atoms with van der Waals surface area (Å²) in [6.45, 7) is 6.31. The second kappa shape index (κ2) is 12.4. The lowest BCUT2D eigenvalue weighted by Crippen LogP contribution is -2.33. The summed E-state index contributed by atoms with van der Waals surface area (Å²) in [4.78, 5) is 13.7. The van der Waals surface area contributed by atoms with Crippen LogP contribution in [-0.2, 0) is 4.79 Å². The molecule has 102 valence electrons. The zero-order valence-corrected chi connectivity index (χ0v) is 13.1. The van der Waals surface area contributed by atoms with Crippen LogP contribution in [0.4, 0.5) is 0 Å². The molecule has 0 radical (unpaired) electrons. The first-order chi connectivity index (χ1) is 8.26. The molecule has 0 saturated heterocycles. The van der Waals surface area contributed by atoms with Gasteiger partial charge in [-0.05, 0) is 12.8 Å². The van der Waals surface area contributed by atoms with Crippen molar-refractivity contribution in [2.45, 2.75) is 65.2 Å². The van der Waals surface area contributed by atoms with Gasteiger partial charge in [0.15, 0.2) is 0 Å². The van der Waals surface area contributed by atoms with Crippen molar-refractivity contribution in [3.05, 3.63) is 0 Å². The van der Waals surface area contributed by atoms with Crippen molar-refractivity contribution in [3.8, 4) is 0 Å². The molecule has 0 aromatic heterocycles. The molecular formula is C14H28BrNO. The molecule has 0 heterocycles. The first-order valence-electron chi connectivity index (χ1n) is 7.10. The molecule has 0 aliphatic heterocycles. The molecule has 0 spiro atoms. The maximum Gasteiger partial charge on any atom is 0.233 e. The Labute approximate surface area is 115 Å². The minimum absolute atomic E-state index is 0.248. The zero-order chi connectivity index (χ0) is 12.9. The van der Waals surface area contributed by atoms with Crippen molar-refractivity contribution in [3.63, 3.8) is 0 Å². The van der Waals surface area contributed by atoms with Crippen LogP contribution >= 0.6 is 15.9 Å². The molecule has 0 fully saturated rings. The average Bonchev–Trinajstić information content (AvgIpc) is 2.36. The normalized spacial score (nSPS) is 10.5. The summed E-state index contributed by atoms with van der Waals surface area (Å²) in [6.07, 6.45) is 9.87. The lowest BCUT2D eigenvalue weighted by atomic mass is 10.1. The van der Waals surface area contributed by atoms with Crippen LogP contribution in [0, 0.1) is 0 Å². The van der Waals surface area contributed by atoms with Gasteiger partial charge in [-0.2, -0.15) is 0 Å². The quantitative estimate of drug-likeness (QED) is 0.410. The summed E-state index contributed by atoms with van der Waals surface area (Å²) in [5.41, 5.74) is 0. The van der Waals surface area contributed by atoms with Gasteiger partial charge in [-0.15, -0.1) is 0 Å². The molecule has 0 bridgehead atoms. The number of rotatable bonds is 11. The molecule has 0 unspecified atom stereocenters. The summed E-state index contributed by atoms with van der Waals surface area (Å²) in [5.74, 6) is 0.248. The van der Waals surface area contributed by atoms with Crippen LogP contribution in [0.5, 0.6) is 0 Å². The number of halogens is 1. The van der Waals surface area contributed by atoms with Crippen LogP contribution in [-0.4, -0.2) is 29.2 Å². The van der Waals surface area contributed by atoms with Crippen molar-refractivity contribution in [1.82, 2.24) is 4.90 Å². The minimum Gasteiger partial charge on any atom is -0.342 e. The highest BCUT2D eigenvalue weighted by Crippen LogP contribution is 2.06. The number of carbonyl (C=O) groups is 1. The molecule has 3 heteroatoms. The second-order valence-corrected chi connectivity index (χ2v) is 5.20. The highest BCUT2D eigenvalue weighted by molar-refractivity contribution is 9.09. The smallest absolute Gasteiger partial charge is 0.233 e. The van der Waals surface area contributed by atoms with Crippen LogP contribution < -0.4 is 0 Å². The van der Waals surface area contributed by atoms with Crippen molar-refractivity contribution in [2.75, 3.05) is 18.4 Å². The van der Waals surface area contributed by atoms with Gasteiger partial charge in [0.25, 0.3) is 0 Å². The van der Waals surface area contributed by atoms with Gasteiger partial charge in [0, 0.05) is 13.1 Å². The number of unbranched alkanes of at least 4 members (excludes halogenated alkanes) is 6. The number of amides is 1. The lowest BCUT2D eigenvalue weighted by molar-refractivity contribution is -0.128. The van der Waals surface area contributed by atoms with Gasteiger partial charge >= 0.3 is 0 Å². The predicted molar refractivity (Wildman–Crippen MR) is 78.7 cm³/mol. The predicted octanol–water partition coefficient (Wildman–Crippen LogP) is 4.37. The fraction of sp³-hybridized carbons (Fsp3) is 0.929. The van der Waals surface area contributed by atoms with Gasteiger partial charge in [-0.1, -0.05) is 68.3 Å². The van der Waals surface area contributed by atoms with E-state index in [0.717, 1.165) is 25.9 Å². The van der Waals surface area contributed by atoms with E-state index in [9.17, 15) is 4.79 Å². The Kier molecular flexibility index (Phi) is 12.4. The lowest BCUT2D eigenvalue weighted by Gasteiger charge is -2.21. The van der Waals surface area contributed by atoms with E-state index in [0.29, 0.717) is 5.33 Å². The average molecular weight is 306 g/mol. The van der Waals surface area contributed by atoms with Gasteiger partial charge < -0.3 is 4.90 Å². The molecule has 0 atom stereocenters. The van der Waals surface area contributed by atoms with Gasteiger partial charge in [0.1, 0.15) is 0 Å². The van der Waals surface area contributed by atoms with Crippen molar-refractivity contribution in [1.29, 1.82) is 0 Å². The van der Waals surface area contributed by atoms with Gasteiger partial charge in [-0.3, -0.25) is 4.79 Å². The highest BCUT2D eigenvalue weighted by atomic mass is 79.9. The standard InChI is InChI=1S/C14H28BrNO/c1-3-5-7-9-11-16(14(17)13-15)12-10-8-6-4-2/h3-13H2,1-2H3. The van der Waals surface area contributed by atoms with Crippen LogP contribution in [0.25, 0.3) is 0 Å². The number of alkyl halides is 1. The van der Waals surface area contributed by atoms with Gasteiger partial charge in [0.05, 0.1) is 5.33 Å². The highest BCUT2D eigenvalue weighted by Gasteiger charge is 2.10. The third kappa shape index (κ3) is 9.63. The van der Waals surface area contributed by atoms with Gasteiger partial charge in [-0.25, -0.2) is 0 Å². The molecule has 0 aromatic carbocycles. The van der Waals surface area contributed by atoms with Crippen molar-refractivity contribution >= 4 is 21.8 Å². The Balaban J connectivity index is 3.76. The molecule has 0 aliphatic rings. The fourth-order valence-corrected chi connectivity index (χ4v) is 2.26. The summed E-state index contributed by atoms with van der Waals surface area (Å²) in [6, 6.07) is 0. The number of hydrogen-bond acceptors (Lipinski definition) is 1. The molecule has 0 aliphatic carbocycles. The monoisotopic (exact) mass is 305 g/mol. The van der Waals surface area contributed by atoms with E-state index in [1.165, 1.54) is 38.5 Å². The Bertz CT molecular complexity index is 173. The zero-order valence-electron chi connectivity index (χ0n) is 11.5. The van der Waals surface area contributed by atoms with E-state index in [2.05, 4.69) is 29.8 Å². The van der Waals surface area contributed by atoms with E-state index in [4.69, 9.17) is 0 Å². The first kappa shape index (κ1) is 16.9. The van der Waals surface area contributed by atoms with Crippen LogP contribution in [0.1, 0.15) is 65.2 Å². The van der Waals surface area contributed by atoms with Gasteiger partial charge in [0.2, 0.25) is 5.91 Å². The van der Waals surface area contributed by atoms with Crippen LogP contribution in [0.3, 0.4) is 0 Å². The first-order valence-corrected chi connectivity index (χ1v) is 8.22. The molecule has 0 rings (SSSR count). The maximum atomic E-state index is 11.7. The summed E-state index contributed by atoms with van der Waals surface area (Å²) in [5, 5.41) is 0.467. The van der Waals surface area contributed by atoms with Crippen molar-refractivity contribution < 1.29 is 4.79 Å². The summed E-state index contributed by atoms with van der Waals surface area (Å²) < 4.78 is 0. The molecule has 1 amide bonds. The largest absolute Gasteiger partial charge is 0.342 e. The Morgan fingerprint density at radius 3 is 1.71 bits per heavy atom. The molecule has 17 heavy (non-hydrogen) atoms. The van der Waals surface area contributed by atoms with E-state index in [-0.39, 0.29) is 5.91 Å². The fourth-order valence-electron chi connectivity index (χ4n) is 1.90. The third-order valence-electron chi connectivity index (χ3n) is 3.03. The molecule has 0 saturated carbocycles. The molecule has 0 aromatic rings. The Morgan fingerprint density at radius 2 is 1.35 bits per heavy atom. The third-order valence-corrected chi connectivity index (χ3v) is 3.51. The summed E-state index contributed by atoms with van der Waals surface area (Å²) >= 11 is 3.27. The van der Waals surface area contributed by atoms with E-state index >= 15 is 0 Å². The second-order valence-electron chi connectivity index (χ2n) is 4.64. The number of carbonyl (C=O) groups excluding carboxylic acids is 1. The minimum atomic E-state index is 0.248. The number of hydrogen-bond donors (Lipinski definition) is 0. The topological polar surface area (TPSA) is 20.3 Å². The SMILES string of the molecule is CCCCCCN(CCCCCC)C(=O)CBr. The maximum absolute atomic E-state index is 11.7. The van der Waals surface area contributed by atoms with Crippen LogP contribution in [0.15, 0.2) is 0 Å². The number of nitrogens with zero attached hydrogens (tertiary/aromatic N) is 1. The summed E-state index contributed by atoms with van der Waals surface area (Å²) in [7, 11) is 0. The Hall–Kier alpha value is -0.0500. The molecule has 0 N–H and O–H groups in total. The van der Waals surface area contributed by atoms with E-state index in [1.54, 1.807) is 0 Å². The van der Waals surface area contributed by atoms with Crippen molar-refractivity contribution in [2.24, 2.45) is 0 Å². The molecule has 2 nitrogen and oxygen atoms in total. The molecular weight excluding hydrogens is 278 g/mol. The van der Waals surface area contributed by atoms with E-state index < -0.39 is 0 Å².